The fraction of sp³-hybridized carbons (Fsp3) is 0.583. The minimum atomic E-state index is -0.431. The third-order valence-corrected chi connectivity index (χ3v) is 3.27. The number of ether oxygens (including phenoxy) is 1. The molecule has 2 atom stereocenters. The molecule has 2 aromatic rings. The summed E-state index contributed by atoms with van der Waals surface area (Å²) in [5.74, 6) is 1.07. The predicted octanol–water partition coefficient (Wildman–Crippen LogP) is 0.573. The first-order valence-electron chi connectivity index (χ1n) is 6.40. The van der Waals surface area contributed by atoms with Crippen LogP contribution in [0, 0.1) is 0 Å². The Morgan fingerprint density at radius 2 is 2.47 bits per heavy atom. The third-order valence-electron chi connectivity index (χ3n) is 3.27. The van der Waals surface area contributed by atoms with Crippen LogP contribution in [0.25, 0.3) is 0 Å². The van der Waals surface area contributed by atoms with Crippen molar-refractivity contribution in [3.63, 3.8) is 0 Å². The van der Waals surface area contributed by atoms with E-state index in [2.05, 4.69) is 15.2 Å². The van der Waals surface area contributed by atoms with E-state index in [4.69, 9.17) is 15.0 Å². The van der Waals surface area contributed by atoms with Gasteiger partial charge in [-0.25, -0.2) is 0 Å². The summed E-state index contributed by atoms with van der Waals surface area (Å²) in [5.41, 5.74) is 6.93. The highest BCUT2D eigenvalue weighted by molar-refractivity contribution is 5.16. The van der Waals surface area contributed by atoms with Gasteiger partial charge in [0.1, 0.15) is 6.04 Å². The van der Waals surface area contributed by atoms with Gasteiger partial charge in [0, 0.05) is 31.8 Å². The van der Waals surface area contributed by atoms with E-state index in [1.54, 1.807) is 10.9 Å². The normalized spacial score (nSPS) is 20.8. The van der Waals surface area contributed by atoms with Crippen molar-refractivity contribution in [2.75, 3.05) is 6.61 Å². The van der Waals surface area contributed by atoms with E-state index < -0.39 is 6.04 Å². The second-order valence-electron chi connectivity index (χ2n) is 4.81. The molecule has 0 radical (unpaired) electrons. The summed E-state index contributed by atoms with van der Waals surface area (Å²) in [6, 6.07) is -0.431. The van der Waals surface area contributed by atoms with E-state index in [9.17, 15) is 0 Å². The van der Waals surface area contributed by atoms with Gasteiger partial charge in [-0.05, 0) is 12.8 Å². The lowest BCUT2D eigenvalue weighted by Crippen LogP contribution is -2.13. The molecule has 7 nitrogen and oxygen atoms in total. The number of rotatable bonds is 4. The Balaban J connectivity index is 1.69. The summed E-state index contributed by atoms with van der Waals surface area (Å²) in [6.45, 7) is 0.824. The van der Waals surface area contributed by atoms with E-state index in [0.29, 0.717) is 18.1 Å². The second-order valence-corrected chi connectivity index (χ2v) is 4.81. The van der Waals surface area contributed by atoms with Crippen molar-refractivity contribution in [3.8, 4) is 0 Å². The van der Waals surface area contributed by atoms with Crippen molar-refractivity contribution in [2.45, 2.75) is 31.4 Å². The number of hydrogen-bond acceptors (Lipinski definition) is 6. The largest absolute Gasteiger partial charge is 0.378 e. The molecule has 0 aromatic carbocycles. The predicted molar refractivity (Wildman–Crippen MR) is 66.2 cm³/mol. The summed E-state index contributed by atoms with van der Waals surface area (Å²) in [6.07, 6.45) is 6.59. The van der Waals surface area contributed by atoms with Crippen molar-refractivity contribution in [1.82, 2.24) is 19.9 Å². The first-order valence-corrected chi connectivity index (χ1v) is 6.40. The van der Waals surface area contributed by atoms with Crippen molar-refractivity contribution < 1.29 is 9.26 Å². The number of nitrogens with zero attached hydrogens (tertiary/aromatic N) is 4. The lowest BCUT2D eigenvalue weighted by atomic mass is 10.1. The van der Waals surface area contributed by atoms with Crippen LogP contribution < -0.4 is 5.73 Å². The van der Waals surface area contributed by atoms with E-state index in [1.165, 1.54) is 0 Å². The third kappa shape index (κ3) is 2.66. The Labute approximate surface area is 110 Å². The van der Waals surface area contributed by atoms with E-state index in [-0.39, 0.29) is 6.10 Å². The Hall–Kier alpha value is -1.73. The summed E-state index contributed by atoms with van der Waals surface area (Å²) in [4.78, 5) is 4.34. The molecule has 3 rings (SSSR count). The molecule has 2 unspecified atom stereocenters. The first-order chi connectivity index (χ1) is 9.22. The maximum Gasteiger partial charge on any atom is 0.248 e. The summed E-state index contributed by atoms with van der Waals surface area (Å²) in [7, 11) is 1.84. The van der Waals surface area contributed by atoms with Gasteiger partial charge in [-0.3, -0.25) is 4.68 Å². The van der Waals surface area contributed by atoms with Gasteiger partial charge in [-0.1, -0.05) is 5.16 Å². The van der Waals surface area contributed by atoms with E-state index >= 15 is 0 Å². The van der Waals surface area contributed by atoms with E-state index in [1.807, 2.05) is 13.2 Å². The lowest BCUT2D eigenvalue weighted by Gasteiger charge is -2.04. The fourth-order valence-electron chi connectivity index (χ4n) is 2.23. The zero-order valence-electron chi connectivity index (χ0n) is 10.8. The number of hydrogen-bond donors (Lipinski definition) is 1. The van der Waals surface area contributed by atoms with Crippen LogP contribution in [0.3, 0.4) is 0 Å². The molecule has 2 N–H and O–H groups in total. The van der Waals surface area contributed by atoms with Crippen LogP contribution >= 0.6 is 0 Å². The highest BCUT2D eigenvalue weighted by Crippen LogP contribution is 2.19. The Bertz CT molecular complexity index is 544. The van der Waals surface area contributed by atoms with Gasteiger partial charge in [-0.15, -0.1) is 0 Å². The number of nitrogens with two attached hydrogens (primary N) is 1. The van der Waals surface area contributed by atoms with Crippen LogP contribution in [0.4, 0.5) is 0 Å². The molecule has 0 saturated carbocycles. The topological polar surface area (TPSA) is 92.0 Å². The minimum absolute atomic E-state index is 0.208. The molecule has 0 bridgehead atoms. The van der Waals surface area contributed by atoms with Gasteiger partial charge < -0.3 is 15.0 Å². The van der Waals surface area contributed by atoms with Crippen LogP contribution in [-0.2, 0) is 18.2 Å². The SMILES string of the molecule is Cn1cc(C(N)c2nc(CC3CCCO3)no2)cn1. The van der Waals surface area contributed by atoms with Crippen LogP contribution in [0.2, 0.25) is 0 Å². The summed E-state index contributed by atoms with van der Waals surface area (Å²) in [5, 5.41) is 8.04. The highest BCUT2D eigenvalue weighted by atomic mass is 16.5. The van der Waals surface area contributed by atoms with Crippen molar-refractivity contribution in [2.24, 2.45) is 12.8 Å². The molecular formula is C12H17N5O2. The first kappa shape index (κ1) is 12.3. The monoisotopic (exact) mass is 263 g/mol. The quantitative estimate of drug-likeness (QED) is 0.867. The van der Waals surface area contributed by atoms with Crippen LogP contribution in [0.5, 0.6) is 0 Å². The number of aryl methyl sites for hydroxylation is 1. The smallest absolute Gasteiger partial charge is 0.248 e. The number of aromatic nitrogens is 4. The van der Waals surface area contributed by atoms with Crippen LogP contribution in [-0.4, -0.2) is 32.6 Å². The molecule has 0 spiro atoms. The average molecular weight is 263 g/mol. The Kier molecular flexibility index (Phi) is 3.31. The molecule has 1 aliphatic rings. The molecular weight excluding hydrogens is 246 g/mol. The maximum atomic E-state index is 6.07. The Morgan fingerprint density at radius 1 is 1.58 bits per heavy atom. The zero-order chi connectivity index (χ0) is 13.2. The lowest BCUT2D eigenvalue weighted by molar-refractivity contribution is 0.109. The average Bonchev–Trinajstić information content (AvgIpc) is 3.10. The van der Waals surface area contributed by atoms with E-state index in [0.717, 1.165) is 25.0 Å². The standard InChI is InChI=1S/C12H17N5O2/c1-17-7-8(6-14-17)11(13)12-15-10(16-19-12)5-9-3-2-4-18-9/h6-7,9,11H,2-5,13H2,1H3. The molecule has 1 aliphatic heterocycles. The Morgan fingerprint density at radius 3 is 3.16 bits per heavy atom. The van der Waals surface area contributed by atoms with Gasteiger partial charge in [0.2, 0.25) is 5.89 Å². The zero-order valence-corrected chi connectivity index (χ0v) is 10.8. The molecule has 2 aromatic heterocycles. The van der Waals surface area contributed by atoms with Crippen molar-refractivity contribution >= 4 is 0 Å². The van der Waals surface area contributed by atoms with Gasteiger partial charge in [-0.2, -0.15) is 10.1 Å². The molecule has 1 saturated heterocycles. The molecule has 102 valence electrons. The highest BCUT2D eigenvalue weighted by Gasteiger charge is 2.22. The van der Waals surface area contributed by atoms with Crippen molar-refractivity contribution in [3.05, 3.63) is 29.7 Å². The van der Waals surface area contributed by atoms with Gasteiger partial charge in [0.15, 0.2) is 5.82 Å². The van der Waals surface area contributed by atoms with Crippen LogP contribution in [0.15, 0.2) is 16.9 Å². The molecule has 0 amide bonds. The molecule has 7 heteroatoms. The van der Waals surface area contributed by atoms with Crippen molar-refractivity contribution in [1.29, 1.82) is 0 Å². The summed E-state index contributed by atoms with van der Waals surface area (Å²) < 4.78 is 12.5. The molecule has 3 heterocycles. The minimum Gasteiger partial charge on any atom is -0.378 e. The molecule has 0 aliphatic carbocycles. The van der Waals surface area contributed by atoms with Gasteiger partial charge >= 0.3 is 0 Å². The van der Waals surface area contributed by atoms with Gasteiger partial charge in [0.25, 0.3) is 0 Å². The summed E-state index contributed by atoms with van der Waals surface area (Å²) >= 11 is 0. The maximum absolute atomic E-state index is 6.07. The molecule has 1 fully saturated rings. The fourth-order valence-corrected chi connectivity index (χ4v) is 2.23. The molecule has 19 heavy (non-hydrogen) atoms. The second kappa shape index (κ2) is 5.10. The van der Waals surface area contributed by atoms with Crippen LogP contribution in [0.1, 0.15) is 36.2 Å². The van der Waals surface area contributed by atoms with Gasteiger partial charge in [0.05, 0.1) is 12.3 Å².